The Morgan fingerprint density at radius 3 is 2.22 bits per heavy atom. The third kappa shape index (κ3) is 5.70. The maximum atomic E-state index is 11.9. The fraction of sp³-hybridized carbons (Fsp3) is 0.647. The molecule has 0 unspecified atom stereocenters. The molecule has 2 rings (SSSR count). The molecular formula is C17H29N3O2S. The lowest BCUT2D eigenvalue weighted by molar-refractivity contribution is 0.258. The molecule has 5 nitrogen and oxygen atoms in total. The van der Waals surface area contributed by atoms with E-state index in [0.29, 0.717) is 12.1 Å². The molecule has 130 valence electrons. The molecule has 1 aromatic carbocycles. The minimum atomic E-state index is -3.22. The molecule has 0 radical (unpaired) electrons. The lowest BCUT2D eigenvalue weighted by Crippen LogP contribution is -2.46. The Morgan fingerprint density at radius 1 is 1.00 bits per heavy atom. The van der Waals surface area contributed by atoms with E-state index in [1.807, 2.05) is 31.2 Å². The minimum absolute atomic E-state index is 0.185. The van der Waals surface area contributed by atoms with Gasteiger partial charge in [-0.05, 0) is 43.7 Å². The molecule has 1 N–H and O–H groups in total. The van der Waals surface area contributed by atoms with Gasteiger partial charge in [0.1, 0.15) is 0 Å². The van der Waals surface area contributed by atoms with Gasteiger partial charge in [0.15, 0.2) is 0 Å². The van der Waals surface area contributed by atoms with E-state index >= 15 is 0 Å². The molecule has 0 aliphatic carbocycles. The SMILES string of the molecule is CCCCS(=O)(=O)Nc1ccc(N2CCN(CCC)CC2)cc1. The van der Waals surface area contributed by atoms with Crippen LogP contribution < -0.4 is 9.62 Å². The molecule has 1 aliphatic heterocycles. The van der Waals surface area contributed by atoms with Crippen LogP contribution in [0.2, 0.25) is 0 Å². The van der Waals surface area contributed by atoms with Gasteiger partial charge in [-0.1, -0.05) is 20.3 Å². The van der Waals surface area contributed by atoms with Crippen molar-refractivity contribution in [3.05, 3.63) is 24.3 Å². The van der Waals surface area contributed by atoms with Crippen molar-refractivity contribution >= 4 is 21.4 Å². The highest BCUT2D eigenvalue weighted by Gasteiger charge is 2.16. The van der Waals surface area contributed by atoms with Crippen molar-refractivity contribution in [3.63, 3.8) is 0 Å². The molecule has 0 aromatic heterocycles. The number of sulfonamides is 1. The molecule has 6 heteroatoms. The van der Waals surface area contributed by atoms with E-state index in [-0.39, 0.29) is 5.75 Å². The summed E-state index contributed by atoms with van der Waals surface area (Å²) >= 11 is 0. The van der Waals surface area contributed by atoms with Crippen LogP contribution in [-0.2, 0) is 10.0 Å². The summed E-state index contributed by atoms with van der Waals surface area (Å²) in [5, 5.41) is 0. The zero-order valence-corrected chi connectivity index (χ0v) is 15.1. The van der Waals surface area contributed by atoms with Crippen molar-refractivity contribution in [1.29, 1.82) is 0 Å². The predicted molar refractivity (Wildman–Crippen MR) is 97.7 cm³/mol. The van der Waals surface area contributed by atoms with E-state index in [9.17, 15) is 8.42 Å². The second kappa shape index (κ2) is 8.55. The maximum absolute atomic E-state index is 11.9. The van der Waals surface area contributed by atoms with Gasteiger partial charge in [-0.25, -0.2) is 8.42 Å². The van der Waals surface area contributed by atoms with Crippen molar-refractivity contribution in [3.8, 4) is 0 Å². The number of unbranched alkanes of at least 4 members (excludes halogenated alkanes) is 1. The van der Waals surface area contributed by atoms with Gasteiger partial charge < -0.3 is 4.90 Å². The molecule has 1 aliphatic rings. The van der Waals surface area contributed by atoms with Gasteiger partial charge in [0, 0.05) is 37.6 Å². The zero-order chi connectivity index (χ0) is 16.7. The van der Waals surface area contributed by atoms with Gasteiger partial charge in [0.05, 0.1) is 5.75 Å². The highest BCUT2D eigenvalue weighted by atomic mass is 32.2. The number of anilines is 2. The molecule has 0 bridgehead atoms. The van der Waals surface area contributed by atoms with E-state index in [1.54, 1.807) is 0 Å². The lowest BCUT2D eigenvalue weighted by atomic mass is 10.2. The van der Waals surface area contributed by atoms with Crippen LogP contribution in [0.5, 0.6) is 0 Å². The minimum Gasteiger partial charge on any atom is -0.369 e. The van der Waals surface area contributed by atoms with Crippen LogP contribution in [0.15, 0.2) is 24.3 Å². The van der Waals surface area contributed by atoms with Crippen molar-refractivity contribution in [1.82, 2.24) is 4.90 Å². The third-order valence-corrected chi connectivity index (χ3v) is 5.56. The normalized spacial score (nSPS) is 16.5. The van der Waals surface area contributed by atoms with Gasteiger partial charge >= 0.3 is 0 Å². The van der Waals surface area contributed by atoms with Crippen LogP contribution in [0, 0.1) is 0 Å². The maximum Gasteiger partial charge on any atom is 0.232 e. The molecule has 0 atom stereocenters. The summed E-state index contributed by atoms with van der Waals surface area (Å²) in [5.41, 5.74) is 1.81. The molecule has 1 heterocycles. The third-order valence-electron chi connectivity index (χ3n) is 4.18. The number of nitrogens with one attached hydrogen (secondary N) is 1. The first-order chi connectivity index (χ1) is 11.0. The molecule has 1 aromatic rings. The average Bonchev–Trinajstić information content (AvgIpc) is 2.55. The average molecular weight is 340 g/mol. The summed E-state index contributed by atoms with van der Waals surface area (Å²) in [4.78, 5) is 4.86. The molecule has 0 spiro atoms. The monoisotopic (exact) mass is 339 g/mol. The Balaban J connectivity index is 1.90. The molecular weight excluding hydrogens is 310 g/mol. The largest absolute Gasteiger partial charge is 0.369 e. The Bertz CT molecular complexity index is 564. The van der Waals surface area contributed by atoms with Crippen LogP contribution in [0.1, 0.15) is 33.1 Å². The molecule has 0 amide bonds. The van der Waals surface area contributed by atoms with Crippen LogP contribution >= 0.6 is 0 Å². The summed E-state index contributed by atoms with van der Waals surface area (Å²) in [6.45, 7) is 9.63. The number of rotatable bonds is 8. The second-order valence-electron chi connectivity index (χ2n) is 6.15. The smallest absolute Gasteiger partial charge is 0.232 e. The first kappa shape index (κ1) is 18.1. The van der Waals surface area contributed by atoms with Crippen molar-refractivity contribution in [2.45, 2.75) is 33.1 Å². The quantitative estimate of drug-likeness (QED) is 0.791. The van der Waals surface area contributed by atoms with Crippen LogP contribution in [0.4, 0.5) is 11.4 Å². The molecule has 0 saturated carbocycles. The van der Waals surface area contributed by atoms with Crippen LogP contribution in [0.3, 0.4) is 0 Å². The van der Waals surface area contributed by atoms with Crippen molar-refractivity contribution < 1.29 is 8.42 Å². The van der Waals surface area contributed by atoms with Gasteiger partial charge in [-0.3, -0.25) is 9.62 Å². The number of hydrogen-bond acceptors (Lipinski definition) is 4. The summed E-state index contributed by atoms with van der Waals surface area (Å²) in [6, 6.07) is 7.73. The van der Waals surface area contributed by atoms with Gasteiger partial charge in [-0.2, -0.15) is 0 Å². The Labute approximate surface area is 140 Å². The summed E-state index contributed by atoms with van der Waals surface area (Å²) in [7, 11) is -3.22. The second-order valence-corrected chi connectivity index (χ2v) is 7.99. The fourth-order valence-electron chi connectivity index (χ4n) is 2.85. The first-order valence-corrected chi connectivity index (χ1v) is 10.3. The van der Waals surface area contributed by atoms with E-state index in [4.69, 9.17) is 0 Å². The predicted octanol–water partition coefficient (Wildman–Crippen LogP) is 2.76. The fourth-order valence-corrected chi connectivity index (χ4v) is 4.12. The standard InChI is InChI=1S/C17H29N3O2S/c1-3-5-15-23(21,22)18-16-6-8-17(9-7-16)20-13-11-19(10-4-2)12-14-20/h6-9,18H,3-5,10-15H2,1-2H3. The molecule has 1 fully saturated rings. The van der Waals surface area contributed by atoms with Crippen LogP contribution in [0.25, 0.3) is 0 Å². The van der Waals surface area contributed by atoms with Gasteiger partial charge in [0.2, 0.25) is 10.0 Å². The van der Waals surface area contributed by atoms with Crippen LogP contribution in [-0.4, -0.2) is 51.8 Å². The van der Waals surface area contributed by atoms with E-state index < -0.39 is 10.0 Å². The van der Waals surface area contributed by atoms with Gasteiger partial charge in [0.25, 0.3) is 0 Å². The summed E-state index contributed by atoms with van der Waals surface area (Å²) in [6.07, 6.45) is 2.77. The van der Waals surface area contributed by atoms with Gasteiger partial charge in [-0.15, -0.1) is 0 Å². The molecule has 23 heavy (non-hydrogen) atoms. The van der Waals surface area contributed by atoms with E-state index in [1.165, 1.54) is 13.0 Å². The highest BCUT2D eigenvalue weighted by molar-refractivity contribution is 7.92. The summed E-state index contributed by atoms with van der Waals surface area (Å²) < 4.78 is 26.5. The Morgan fingerprint density at radius 2 is 1.65 bits per heavy atom. The van der Waals surface area contributed by atoms with E-state index in [2.05, 4.69) is 21.4 Å². The first-order valence-electron chi connectivity index (χ1n) is 8.62. The lowest BCUT2D eigenvalue weighted by Gasteiger charge is -2.36. The summed E-state index contributed by atoms with van der Waals surface area (Å²) in [5.74, 6) is 0.185. The van der Waals surface area contributed by atoms with Crippen molar-refractivity contribution in [2.24, 2.45) is 0 Å². The Hall–Kier alpha value is -1.27. The highest BCUT2D eigenvalue weighted by Crippen LogP contribution is 2.20. The zero-order valence-electron chi connectivity index (χ0n) is 14.3. The van der Waals surface area contributed by atoms with Crippen molar-refractivity contribution in [2.75, 3.05) is 48.1 Å². The number of piperazine rings is 1. The number of nitrogens with zero attached hydrogens (tertiary/aromatic N) is 2. The Kier molecular flexibility index (Phi) is 6.72. The number of benzene rings is 1. The van der Waals surface area contributed by atoms with E-state index in [0.717, 1.165) is 38.3 Å². The molecule has 1 saturated heterocycles. The number of hydrogen-bond donors (Lipinski definition) is 1. The topological polar surface area (TPSA) is 52.7 Å².